The van der Waals surface area contributed by atoms with Gasteiger partial charge in [0.1, 0.15) is 23.7 Å². The van der Waals surface area contributed by atoms with E-state index in [2.05, 4.69) is 5.32 Å². The molecule has 0 saturated carbocycles. The van der Waals surface area contributed by atoms with Gasteiger partial charge in [-0.3, -0.25) is 9.10 Å². The highest BCUT2D eigenvalue weighted by Crippen LogP contribution is 2.39. The summed E-state index contributed by atoms with van der Waals surface area (Å²) in [5.41, 5.74) is 1.50. The van der Waals surface area contributed by atoms with Gasteiger partial charge in [0.2, 0.25) is 15.9 Å². The number of hydrogen-bond donors (Lipinski definition) is 1. The van der Waals surface area contributed by atoms with Crippen LogP contribution in [0.25, 0.3) is 0 Å². The molecule has 1 atom stereocenters. The second-order valence-electron chi connectivity index (χ2n) is 7.98. The summed E-state index contributed by atoms with van der Waals surface area (Å²) in [6, 6.07) is 10.6. The van der Waals surface area contributed by atoms with Crippen LogP contribution in [0.1, 0.15) is 37.4 Å². The van der Waals surface area contributed by atoms with E-state index >= 15 is 0 Å². The van der Waals surface area contributed by atoms with E-state index < -0.39 is 33.9 Å². The molecule has 2 aromatic rings. The standard InChI is InChI=1S/C21H25FN2O4S/c1-14-8-9-17-18(12-21(2,3)28-19(17)10-14)23-20(25)13-24(29(4,26)27)16-7-5-6-15(22)11-16/h5-11,18H,12-13H2,1-4H3,(H,23,25)/t18-/m1/s1. The van der Waals surface area contributed by atoms with Gasteiger partial charge in [-0.1, -0.05) is 18.2 Å². The number of benzene rings is 2. The molecule has 1 N–H and O–H groups in total. The van der Waals surface area contributed by atoms with Gasteiger partial charge in [0.15, 0.2) is 0 Å². The second kappa shape index (κ2) is 7.67. The summed E-state index contributed by atoms with van der Waals surface area (Å²) in [7, 11) is -3.78. The SMILES string of the molecule is Cc1ccc2c(c1)OC(C)(C)C[C@H]2NC(=O)CN(c1cccc(F)c1)S(C)(=O)=O. The number of ether oxygens (including phenoxy) is 1. The summed E-state index contributed by atoms with van der Waals surface area (Å²) < 4.78 is 44.9. The first-order valence-electron chi connectivity index (χ1n) is 9.27. The molecule has 0 aliphatic carbocycles. The van der Waals surface area contributed by atoms with Gasteiger partial charge < -0.3 is 10.1 Å². The monoisotopic (exact) mass is 420 g/mol. The lowest BCUT2D eigenvalue weighted by Crippen LogP contribution is -2.45. The summed E-state index contributed by atoms with van der Waals surface area (Å²) in [4.78, 5) is 12.8. The Morgan fingerprint density at radius 3 is 2.66 bits per heavy atom. The first kappa shape index (κ1) is 21.1. The Morgan fingerprint density at radius 2 is 2.00 bits per heavy atom. The van der Waals surface area contributed by atoms with E-state index in [0.29, 0.717) is 12.2 Å². The highest BCUT2D eigenvalue weighted by molar-refractivity contribution is 7.92. The number of nitrogens with zero attached hydrogens (tertiary/aromatic N) is 1. The fourth-order valence-corrected chi connectivity index (χ4v) is 4.34. The number of carbonyl (C=O) groups excluding carboxylic acids is 1. The Kier molecular flexibility index (Phi) is 5.58. The fourth-order valence-electron chi connectivity index (χ4n) is 3.49. The molecule has 1 heterocycles. The number of amides is 1. The fraction of sp³-hybridized carbons (Fsp3) is 0.381. The Hall–Kier alpha value is -2.61. The zero-order chi connectivity index (χ0) is 21.4. The Bertz CT molecular complexity index is 1040. The van der Waals surface area contributed by atoms with E-state index in [9.17, 15) is 17.6 Å². The summed E-state index contributed by atoms with van der Waals surface area (Å²) in [6.07, 6.45) is 1.52. The van der Waals surface area contributed by atoms with Crippen molar-refractivity contribution < 1.29 is 22.3 Å². The molecule has 2 aromatic carbocycles. The van der Waals surface area contributed by atoms with Crippen LogP contribution in [-0.4, -0.2) is 32.7 Å². The average molecular weight is 421 g/mol. The van der Waals surface area contributed by atoms with E-state index in [1.807, 2.05) is 39.0 Å². The number of sulfonamides is 1. The number of halogens is 1. The molecule has 1 amide bonds. The van der Waals surface area contributed by atoms with Crippen molar-refractivity contribution >= 4 is 21.6 Å². The van der Waals surface area contributed by atoms with Gasteiger partial charge in [0.25, 0.3) is 0 Å². The van der Waals surface area contributed by atoms with Crippen LogP contribution in [0.2, 0.25) is 0 Å². The quantitative estimate of drug-likeness (QED) is 0.805. The summed E-state index contributed by atoms with van der Waals surface area (Å²) in [5.74, 6) is -0.349. The van der Waals surface area contributed by atoms with Gasteiger partial charge in [0.05, 0.1) is 18.0 Å². The van der Waals surface area contributed by atoms with E-state index in [1.165, 1.54) is 18.2 Å². The minimum Gasteiger partial charge on any atom is -0.487 e. The molecule has 0 radical (unpaired) electrons. The first-order valence-corrected chi connectivity index (χ1v) is 11.1. The molecule has 156 valence electrons. The van der Waals surface area contributed by atoms with Crippen LogP contribution in [0.15, 0.2) is 42.5 Å². The zero-order valence-electron chi connectivity index (χ0n) is 16.9. The number of fused-ring (bicyclic) bond motifs is 1. The molecule has 29 heavy (non-hydrogen) atoms. The third-order valence-corrected chi connectivity index (χ3v) is 5.89. The van der Waals surface area contributed by atoms with Crippen molar-refractivity contribution in [1.82, 2.24) is 5.32 Å². The van der Waals surface area contributed by atoms with E-state index in [1.54, 1.807) is 0 Å². The predicted molar refractivity (Wildman–Crippen MR) is 110 cm³/mol. The molecule has 1 aliphatic heterocycles. The van der Waals surface area contributed by atoms with Crippen molar-refractivity contribution in [2.75, 3.05) is 17.1 Å². The molecule has 0 aromatic heterocycles. The number of nitrogens with one attached hydrogen (secondary N) is 1. The number of rotatable bonds is 5. The van der Waals surface area contributed by atoms with E-state index in [4.69, 9.17) is 4.74 Å². The topological polar surface area (TPSA) is 75.7 Å². The van der Waals surface area contributed by atoms with Crippen LogP contribution < -0.4 is 14.4 Å². The maximum Gasteiger partial charge on any atom is 0.241 e. The van der Waals surface area contributed by atoms with Crippen LogP contribution in [0.3, 0.4) is 0 Å². The van der Waals surface area contributed by atoms with Crippen LogP contribution in [0.4, 0.5) is 10.1 Å². The molecule has 0 bridgehead atoms. The van der Waals surface area contributed by atoms with Crippen molar-refractivity contribution in [2.24, 2.45) is 0 Å². The number of carbonyl (C=O) groups is 1. The normalized spacial score (nSPS) is 17.8. The number of aryl methyl sites for hydroxylation is 1. The molecule has 1 aliphatic rings. The summed E-state index contributed by atoms with van der Waals surface area (Å²) >= 11 is 0. The lowest BCUT2D eigenvalue weighted by Gasteiger charge is -2.38. The molecular formula is C21H25FN2O4S. The average Bonchev–Trinajstić information content (AvgIpc) is 2.57. The summed E-state index contributed by atoms with van der Waals surface area (Å²) in [6.45, 7) is 5.39. The third kappa shape index (κ3) is 5.06. The minimum absolute atomic E-state index is 0.103. The largest absolute Gasteiger partial charge is 0.487 e. The van der Waals surface area contributed by atoms with Crippen molar-refractivity contribution in [3.8, 4) is 5.75 Å². The van der Waals surface area contributed by atoms with Crippen LogP contribution in [0, 0.1) is 12.7 Å². The van der Waals surface area contributed by atoms with Gasteiger partial charge in [-0.25, -0.2) is 12.8 Å². The van der Waals surface area contributed by atoms with Crippen molar-refractivity contribution in [3.63, 3.8) is 0 Å². The molecule has 6 nitrogen and oxygen atoms in total. The first-order chi connectivity index (χ1) is 13.4. The Morgan fingerprint density at radius 1 is 1.28 bits per heavy atom. The van der Waals surface area contributed by atoms with Gasteiger partial charge in [-0.15, -0.1) is 0 Å². The molecule has 0 fully saturated rings. The second-order valence-corrected chi connectivity index (χ2v) is 9.88. The Balaban J connectivity index is 1.84. The predicted octanol–water partition coefficient (Wildman–Crippen LogP) is 3.32. The highest BCUT2D eigenvalue weighted by atomic mass is 32.2. The van der Waals surface area contributed by atoms with Gasteiger partial charge in [0, 0.05) is 12.0 Å². The molecule has 0 unspecified atom stereocenters. The molecule has 0 spiro atoms. The molecular weight excluding hydrogens is 395 g/mol. The van der Waals surface area contributed by atoms with Crippen molar-refractivity contribution in [1.29, 1.82) is 0 Å². The van der Waals surface area contributed by atoms with Crippen LogP contribution >= 0.6 is 0 Å². The highest BCUT2D eigenvalue weighted by Gasteiger charge is 2.35. The molecule has 8 heteroatoms. The van der Waals surface area contributed by atoms with Gasteiger partial charge >= 0.3 is 0 Å². The van der Waals surface area contributed by atoms with Gasteiger partial charge in [-0.05, 0) is 50.6 Å². The molecule has 0 saturated heterocycles. The lowest BCUT2D eigenvalue weighted by atomic mass is 9.89. The minimum atomic E-state index is -3.78. The maximum atomic E-state index is 13.6. The van der Waals surface area contributed by atoms with Crippen LogP contribution in [-0.2, 0) is 14.8 Å². The smallest absolute Gasteiger partial charge is 0.241 e. The molecule has 3 rings (SSSR count). The van der Waals surface area contributed by atoms with Gasteiger partial charge in [-0.2, -0.15) is 0 Å². The third-order valence-electron chi connectivity index (χ3n) is 4.75. The van der Waals surface area contributed by atoms with Crippen molar-refractivity contribution in [3.05, 3.63) is 59.4 Å². The van der Waals surface area contributed by atoms with Crippen molar-refractivity contribution in [2.45, 2.75) is 38.8 Å². The Labute approximate surface area is 170 Å². The van der Waals surface area contributed by atoms with Crippen LogP contribution in [0.5, 0.6) is 5.75 Å². The number of hydrogen-bond acceptors (Lipinski definition) is 4. The van der Waals surface area contributed by atoms with E-state index in [-0.39, 0.29) is 11.7 Å². The van der Waals surface area contributed by atoms with E-state index in [0.717, 1.165) is 27.8 Å². The lowest BCUT2D eigenvalue weighted by molar-refractivity contribution is -0.120. The zero-order valence-corrected chi connectivity index (χ0v) is 17.7. The summed E-state index contributed by atoms with van der Waals surface area (Å²) in [5, 5.41) is 2.92. The number of anilines is 1. The maximum absolute atomic E-state index is 13.6.